The maximum absolute atomic E-state index is 11.9. The smallest absolute Gasteiger partial charge is 0.256 e. The Bertz CT molecular complexity index is 442. The van der Waals surface area contributed by atoms with Crippen LogP contribution in [0.5, 0.6) is 0 Å². The highest BCUT2D eigenvalue weighted by molar-refractivity contribution is 6.41. The molecule has 0 spiro atoms. The first-order chi connectivity index (χ1) is 7.60. The molecule has 1 heterocycles. The van der Waals surface area contributed by atoms with Crippen molar-refractivity contribution in [3.8, 4) is 6.07 Å². The lowest BCUT2D eigenvalue weighted by Gasteiger charge is -2.16. The summed E-state index contributed by atoms with van der Waals surface area (Å²) in [7, 11) is 0. The van der Waals surface area contributed by atoms with Crippen molar-refractivity contribution in [3.63, 3.8) is 0 Å². The van der Waals surface area contributed by atoms with E-state index in [1.54, 1.807) is 6.92 Å². The van der Waals surface area contributed by atoms with E-state index in [2.05, 4.69) is 4.98 Å². The average molecular weight is 258 g/mol. The lowest BCUT2D eigenvalue weighted by Crippen LogP contribution is -2.31. The van der Waals surface area contributed by atoms with Gasteiger partial charge in [0.05, 0.1) is 16.7 Å². The molecule has 1 aromatic rings. The van der Waals surface area contributed by atoms with Crippen molar-refractivity contribution in [1.82, 2.24) is 9.88 Å². The molecule has 0 unspecified atom stereocenters. The van der Waals surface area contributed by atoms with Gasteiger partial charge in [-0.15, -0.1) is 0 Å². The number of hydrogen-bond donors (Lipinski definition) is 0. The summed E-state index contributed by atoms with van der Waals surface area (Å²) < 4.78 is 0. The second-order valence-electron chi connectivity index (χ2n) is 2.97. The topological polar surface area (TPSA) is 57.0 Å². The number of hydrogen-bond acceptors (Lipinski definition) is 3. The number of aromatic nitrogens is 1. The molecule has 1 amide bonds. The van der Waals surface area contributed by atoms with Crippen LogP contribution in [0.3, 0.4) is 0 Å². The second-order valence-corrected chi connectivity index (χ2v) is 3.74. The molecule has 1 rings (SSSR count). The third kappa shape index (κ3) is 2.84. The predicted molar refractivity (Wildman–Crippen MR) is 61.4 cm³/mol. The predicted octanol–water partition coefficient (Wildman–Crippen LogP) is 2.37. The Balaban J connectivity index is 2.95. The molecule has 0 aliphatic carbocycles. The van der Waals surface area contributed by atoms with E-state index in [9.17, 15) is 4.79 Å². The average Bonchev–Trinajstić information content (AvgIpc) is 2.28. The molecule has 4 nitrogen and oxygen atoms in total. The number of rotatable bonds is 3. The van der Waals surface area contributed by atoms with Crippen LogP contribution < -0.4 is 0 Å². The van der Waals surface area contributed by atoms with Gasteiger partial charge in [0.1, 0.15) is 11.7 Å². The van der Waals surface area contributed by atoms with Crippen LogP contribution in [-0.4, -0.2) is 28.9 Å². The lowest BCUT2D eigenvalue weighted by molar-refractivity contribution is 0.0784. The summed E-state index contributed by atoms with van der Waals surface area (Å²) in [5, 5.41) is 8.93. The zero-order valence-electron chi connectivity index (χ0n) is 8.57. The van der Waals surface area contributed by atoms with Gasteiger partial charge < -0.3 is 4.90 Å². The van der Waals surface area contributed by atoms with Crippen molar-refractivity contribution in [2.24, 2.45) is 0 Å². The van der Waals surface area contributed by atoms with Gasteiger partial charge >= 0.3 is 0 Å². The van der Waals surface area contributed by atoms with Crippen molar-refractivity contribution >= 4 is 29.1 Å². The largest absolute Gasteiger partial charge is 0.326 e. The van der Waals surface area contributed by atoms with Gasteiger partial charge in [0.25, 0.3) is 5.91 Å². The number of nitriles is 1. The Labute approximate surface area is 103 Å². The summed E-state index contributed by atoms with van der Waals surface area (Å²) >= 11 is 11.4. The zero-order chi connectivity index (χ0) is 12.1. The Morgan fingerprint density at radius 2 is 2.31 bits per heavy atom. The monoisotopic (exact) mass is 257 g/mol. The number of amides is 1. The van der Waals surface area contributed by atoms with Gasteiger partial charge in [-0.25, -0.2) is 4.98 Å². The fourth-order valence-electron chi connectivity index (χ4n) is 1.13. The molecule has 0 aromatic carbocycles. The van der Waals surface area contributed by atoms with Gasteiger partial charge in [-0.1, -0.05) is 23.2 Å². The Morgan fingerprint density at radius 3 is 2.81 bits per heavy atom. The van der Waals surface area contributed by atoms with Crippen molar-refractivity contribution in [3.05, 3.63) is 28.0 Å². The molecule has 6 heteroatoms. The molecule has 0 saturated heterocycles. The minimum atomic E-state index is -0.282. The molecule has 0 bridgehead atoms. The van der Waals surface area contributed by atoms with Crippen molar-refractivity contribution in [2.45, 2.75) is 6.92 Å². The standard InChI is InChI=1S/C10H9Cl2N3O/c1-2-15(4-3-13)10(16)7-5-8(11)9(12)14-6-7/h5-6H,2,4H2,1H3. The highest BCUT2D eigenvalue weighted by atomic mass is 35.5. The molecule has 16 heavy (non-hydrogen) atoms. The van der Waals surface area contributed by atoms with E-state index in [1.165, 1.54) is 17.2 Å². The summed E-state index contributed by atoms with van der Waals surface area (Å²) in [5.74, 6) is -0.282. The Hall–Kier alpha value is -1.31. The minimum absolute atomic E-state index is 0.0373. The molecule has 0 radical (unpaired) electrons. The molecule has 1 aromatic heterocycles. The Morgan fingerprint density at radius 1 is 1.62 bits per heavy atom. The summed E-state index contributed by atoms with van der Waals surface area (Å²) in [6.45, 7) is 2.28. The molecule has 84 valence electrons. The molecular weight excluding hydrogens is 249 g/mol. The molecular formula is C10H9Cl2N3O. The fourth-order valence-corrected chi connectivity index (χ4v) is 1.40. The van der Waals surface area contributed by atoms with Gasteiger partial charge in [0.2, 0.25) is 0 Å². The maximum atomic E-state index is 11.9. The van der Waals surface area contributed by atoms with Gasteiger partial charge in [0.15, 0.2) is 0 Å². The zero-order valence-corrected chi connectivity index (χ0v) is 10.1. The van der Waals surface area contributed by atoms with Crippen LogP contribution in [0, 0.1) is 11.3 Å². The first-order valence-electron chi connectivity index (χ1n) is 4.57. The molecule has 0 saturated carbocycles. The number of carbonyl (C=O) groups excluding carboxylic acids is 1. The number of halogens is 2. The quantitative estimate of drug-likeness (QED) is 0.617. The SMILES string of the molecule is CCN(CC#N)C(=O)c1cnc(Cl)c(Cl)c1. The first kappa shape index (κ1) is 12.8. The van der Waals surface area contributed by atoms with Crippen LogP contribution in [0.15, 0.2) is 12.3 Å². The van der Waals surface area contributed by atoms with Crippen LogP contribution >= 0.6 is 23.2 Å². The number of carbonyl (C=O) groups is 1. The van der Waals surface area contributed by atoms with Gasteiger partial charge in [-0.2, -0.15) is 5.26 Å². The van der Waals surface area contributed by atoms with Crippen LogP contribution in [0.2, 0.25) is 10.2 Å². The van der Waals surface area contributed by atoms with Gasteiger partial charge in [0, 0.05) is 12.7 Å². The molecule has 0 fully saturated rings. The van der Waals surface area contributed by atoms with Gasteiger partial charge in [-0.3, -0.25) is 4.79 Å². The van der Waals surface area contributed by atoms with E-state index in [-0.39, 0.29) is 22.6 Å². The number of pyridine rings is 1. The van der Waals surface area contributed by atoms with Crippen LogP contribution in [0.1, 0.15) is 17.3 Å². The highest BCUT2D eigenvalue weighted by Gasteiger charge is 2.15. The van der Waals surface area contributed by atoms with E-state index in [0.717, 1.165) is 0 Å². The molecule has 0 aliphatic heterocycles. The van der Waals surface area contributed by atoms with Crippen LogP contribution in [-0.2, 0) is 0 Å². The second kappa shape index (κ2) is 5.69. The minimum Gasteiger partial charge on any atom is -0.326 e. The summed E-state index contributed by atoms with van der Waals surface area (Å²) in [6.07, 6.45) is 1.34. The van der Waals surface area contributed by atoms with Crippen molar-refractivity contribution < 1.29 is 4.79 Å². The van der Waals surface area contributed by atoms with E-state index in [0.29, 0.717) is 12.1 Å². The van der Waals surface area contributed by atoms with Crippen molar-refractivity contribution in [1.29, 1.82) is 5.26 Å². The summed E-state index contributed by atoms with van der Waals surface area (Å²) in [6, 6.07) is 3.36. The lowest BCUT2D eigenvalue weighted by atomic mass is 10.2. The van der Waals surface area contributed by atoms with Crippen LogP contribution in [0.25, 0.3) is 0 Å². The molecule has 0 aliphatic rings. The molecule has 0 N–H and O–H groups in total. The van der Waals surface area contributed by atoms with Gasteiger partial charge in [-0.05, 0) is 13.0 Å². The van der Waals surface area contributed by atoms with Crippen LogP contribution in [0.4, 0.5) is 0 Å². The summed E-state index contributed by atoms with van der Waals surface area (Å²) in [4.78, 5) is 17.0. The van der Waals surface area contributed by atoms with E-state index < -0.39 is 0 Å². The molecule has 0 atom stereocenters. The summed E-state index contributed by atoms with van der Waals surface area (Å²) in [5.41, 5.74) is 0.325. The highest BCUT2D eigenvalue weighted by Crippen LogP contribution is 2.20. The van der Waals surface area contributed by atoms with E-state index >= 15 is 0 Å². The first-order valence-corrected chi connectivity index (χ1v) is 5.33. The Kier molecular flexibility index (Phi) is 4.53. The normalized spacial score (nSPS) is 9.62. The fraction of sp³-hybridized carbons (Fsp3) is 0.300. The third-order valence-corrected chi connectivity index (χ3v) is 2.66. The van der Waals surface area contributed by atoms with E-state index in [1.807, 2.05) is 6.07 Å². The van der Waals surface area contributed by atoms with E-state index in [4.69, 9.17) is 28.5 Å². The maximum Gasteiger partial charge on any atom is 0.256 e. The van der Waals surface area contributed by atoms with Crippen molar-refractivity contribution in [2.75, 3.05) is 13.1 Å². The number of nitrogens with zero attached hydrogens (tertiary/aromatic N) is 3. The third-order valence-electron chi connectivity index (χ3n) is 1.97.